The second-order valence-electron chi connectivity index (χ2n) is 6.14. The highest BCUT2D eigenvalue weighted by atomic mass is 32.1. The minimum Gasteiger partial charge on any atom is -0.439 e. The van der Waals surface area contributed by atoms with E-state index in [1.54, 1.807) is 24.6 Å². The number of hydrogen-bond donors (Lipinski definition) is 1. The number of thiophene rings is 1. The van der Waals surface area contributed by atoms with E-state index in [2.05, 4.69) is 56.8 Å². The minimum absolute atomic E-state index is 0.502. The van der Waals surface area contributed by atoms with Crippen molar-refractivity contribution in [3.8, 4) is 11.3 Å². The zero-order valence-corrected chi connectivity index (χ0v) is 16.2. The first-order valence-corrected chi connectivity index (χ1v) is 9.49. The SMILES string of the molecule is CN=C(NCc1ncc(-c2ccc(C)cc2)o1)N(C)CCc1cccs1. The molecule has 2 aromatic heterocycles. The molecule has 3 rings (SSSR count). The number of rotatable bonds is 6. The van der Waals surface area contributed by atoms with Crippen molar-refractivity contribution in [2.75, 3.05) is 20.6 Å². The molecule has 0 fully saturated rings. The molecular weight excluding hydrogens is 344 g/mol. The first-order chi connectivity index (χ1) is 12.7. The number of nitrogens with one attached hydrogen (secondary N) is 1. The van der Waals surface area contributed by atoms with Crippen molar-refractivity contribution in [2.45, 2.75) is 19.9 Å². The maximum Gasteiger partial charge on any atom is 0.214 e. The van der Waals surface area contributed by atoms with Gasteiger partial charge in [-0.15, -0.1) is 11.3 Å². The third-order valence-electron chi connectivity index (χ3n) is 4.13. The van der Waals surface area contributed by atoms with Gasteiger partial charge in [0.25, 0.3) is 0 Å². The molecule has 0 saturated carbocycles. The summed E-state index contributed by atoms with van der Waals surface area (Å²) in [5.41, 5.74) is 2.26. The Labute approximate surface area is 158 Å². The molecule has 0 atom stereocenters. The lowest BCUT2D eigenvalue weighted by atomic mass is 10.1. The molecule has 1 N–H and O–H groups in total. The highest BCUT2D eigenvalue weighted by Crippen LogP contribution is 2.20. The first kappa shape index (κ1) is 18.2. The highest BCUT2D eigenvalue weighted by molar-refractivity contribution is 7.09. The fourth-order valence-electron chi connectivity index (χ4n) is 2.62. The van der Waals surface area contributed by atoms with Gasteiger partial charge in [0.2, 0.25) is 5.89 Å². The standard InChI is InChI=1S/C20H24N4OS/c1-15-6-8-16(9-7-15)18-13-22-19(25-18)14-23-20(21-2)24(3)11-10-17-5-4-12-26-17/h4-9,12-13H,10-11,14H2,1-3H3,(H,21,23). The summed E-state index contributed by atoms with van der Waals surface area (Å²) >= 11 is 1.78. The molecule has 0 aliphatic heterocycles. The highest BCUT2D eigenvalue weighted by Gasteiger charge is 2.10. The van der Waals surface area contributed by atoms with Crippen molar-refractivity contribution in [1.29, 1.82) is 0 Å². The Morgan fingerprint density at radius 1 is 1.27 bits per heavy atom. The zero-order valence-electron chi connectivity index (χ0n) is 15.4. The number of hydrogen-bond acceptors (Lipinski definition) is 4. The van der Waals surface area contributed by atoms with Gasteiger partial charge in [-0.1, -0.05) is 35.9 Å². The Hall–Kier alpha value is -2.60. The van der Waals surface area contributed by atoms with Gasteiger partial charge in [-0.3, -0.25) is 4.99 Å². The molecule has 6 heteroatoms. The second kappa shape index (κ2) is 8.67. The lowest BCUT2D eigenvalue weighted by molar-refractivity contribution is 0.463. The van der Waals surface area contributed by atoms with Gasteiger partial charge in [0, 0.05) is 31.1 Å². The molecule has 26 heavy (non-hydrogen) atoms. The Bertz CT molecular complexity index is 837. The summed E-state index contributed by atoms with van der Waals surface area (Å²) < 4.78 is 5.86. The van der Waals surface area contributed by atoms with Crippen LogP contribution in [0.1, 0.15) is 16.3 Å². The quantitative estimate of drug-likeness (QED) is 0.528. The molecule has 0 aliphatic rings. The van der Waals surface area contributed by atoms with E-state index in [0.29, 0.717) is 12.4 Å². The third kappa shape index (κ3) is 4.73. The van der Waals surface area contributed by atoms with Crippen molar-refractivity contribution < 1.29 is 4.42 Å². The van der Waals surface area contributed by atoms with E-state index in [1.807, 2.05) is 19.2 Å². The number of benzene rings is 1. The van der Waals surface area contributed by atoms with E-state index < -0.39 is 0 Å². The number of likely N-dealkylation sites (N-methyl/N-ethyl adjacent to an activating group) is 1. The minimum atomic E-state index is 0.502. The molecule has 3 aromatic rings. The molecule has 1 aromatic carbocycles. The number of aliphatic imine (C=N–C) groups is 1. The lowest BCUT2D eigenvalue weighted by Crippen LogP contribution is -2.39. The van der Waals surface area contributed by atoms with Crippen molar-refractivity contribution in [2.24, 2.45) is 4.99 Å². The normalized spacial score (nSPS) is 11.6. The molecule has 0 unspecified atom stereocenters. The summed E-state index contributed by atoms with van der Waals surface area (Å²) in [5.74, 6) is 2.26. The summed E-state index contributed by atoms with van der Waals surface area (Å²) in [6.07, 6.45) is 2.77. The van der Waals surface area contributed by atoms with Crippen LogP contribution in [0.2, 0.25) is 0 Å². The topological polar surface area (TPSA) is 53.7 Å². The maximum absolute atomic E-state index is 5.86. The molecule has 0 radical (unpaired) electrons. The van der Waals surface area contributed by atoms with E-state index in [1.165, 1.54) is 10.4 Å². The fourth-order valence-corrected chi connectivity index (χ4v) is 3.32. The molecule has 136 valence electrons. The predicted octanol–water partition coefficient (Wildman–Crippen LogP) is 3.96. The van der Waals surface area contributed by atoms with Crippen LogP contribution in [0.4, 0.5) is 0 Å². The predicted molar refractivity (Wildman–Crippen MR) is 108 cm³/mol. The van der Waals surface area contributed by atoms with E-state index in [0.717, 1.165) is 30.2 Å². The summed E-state index contributed by atoms with van der Waals surface area (Å²) in [7, 11) is 3.83. The van der Waals surface area contributed by atoms with Crippen LogP contribution in [0, 0.1) is 6.92 Å². The Balaban J connectivity index is 1.54. The Morgan fingerprint density at radius 2 is 2.08 bits per heavy atom. The van der Waals surface area contributed by atoms with Crippen LogP contribution >= 0.6 is 11.3 Å². The van der Waals surface area contributed by atoms with Crippen LogP contribution in [-0.4, -0.2) is 36.5 Å². The van der Waals surface area contributed by atoms with Crippen LogP contribution in [-0.2, 0) is 13.0 Å². The van der Waals surface area contributed by atoms with Crippen LogP contribution in [0.25, 0.3) is 11.3 Å². The van der Waals surface area contributed by atoms with E-state index in [4.69, 9.17) is 4.42 Å². The monoisotopic (exact) mass is 368 g/mol. The van der Waals surface area contributed by atoms with Gasteiger partial charge in [0.15, 0.2) is 11.7 Å². The molecular formula is C20H24N4OS. The smallest absolute Gasteiger partial charge is 0.214 e. The van der Waals surface area contributed by atoms with Crippen LogP contribution in [0.15, 0.2) is 57.4 Å². The van der Waals surface area contributed by atoms with E-state index in [-0.39, 0.29) is 0 Å². The Kier molecular flexibility index (Phi) is 6.07. The summed E-state index contributed by atoms with van der Waals surface area (Å²) in [6.45, 7) is 3.47. The maximum atomic E-state index is 5.86. The second-order valence-corrected chi connectivity index (χ2v) is 7.17. The van der Waals surface area contributed by atoms with Crippen LogP contribution < -0.4 is 5.32 Å². The van der Waals surface area contributed by atoms with Crippen molar-refractivity contribution in [3.63, 3.8) is 0 Å². The lowest BCUT2D eigenvalue weighted by Gasteiger charge is -2.21. The molecule has 2 heterocycles. The fraction of sp³-hybridized carbons (Fsp3) is 0.300. The van der Waals surface area contributed by atoms with Crippen LogP contribution in [0.3, 0.4) is 0 Å². The van der Waals surface area contributed by atoms with Crippen molar-refractivity contribution in [1.82, 2.24) is 15.2 Å². The average Bonchev–Trinajstić information content (AvgIpc) is 3.33. The number of aromatic nitrogens is 1. The summed E-state index contributed by atoms with van der Waals surface area (Å²) in [4.78, 5) is 12.2. The summed E-state index contributed by atoms with van der Waals surface area (Å²) in [5, 5.41) is 5.42. The number of guanidine groups is 1. The average molecular weight is 369 g/mol. The molecule has 0 amide bonds. The largest absolute Gasteiger partial charge is 0.439 e. The van der Waals surface area contributed by atoms with E-state index in [9.17, 15) is 0 Å². The number of oxazole rings is 1. The molecule has 0 spiro atoms. The van der Waals surface area contributed by atoms with Crippen molar-refractivity contribution >= 4 is 17.3 Å². The first-order valence-electron chi connectivity index (χ1n) is 8.61. The van der Waals surface area contributed by atoms with Gasteiger partial charge in [-0.25, -0.2) is 4.98 Å². The van der Waals surface area contributed by atoms with Gasteiger partial charge in [0.05, 0.1) is 12.7 Å². The Morgan fingerprint density at radius 3 is 2.77 bits per heavy atom. The van der Waals surface area contributed by atoms with Gasteiger partial charge in [-0.05, 0) is 24.8 Å². The number of nitrogens with zero attached hydrogens (tertiary/aromatic N) is 3. The van der Waals surface area contributed by atoms with E-state index >= 15 is 0 Å². The van der Waals surface area contributed by atoms with Gasteiger partial charge >= 0.3 is 0 Å². The van der Waals surface area contributed by atoms with Gasteiger partial charge in [-0.2, -0.15) is 0 Å². The van der Waals surface area contributed by atoms with Gasteiger partial charge < -0.3 is 14.6 Å². The molecule has 0 saturated heterocycles. The van der Waals surface area contributed by atoms with Gasteiger partial charge in [0.1, 0.15) is 0 Å². The molecule has 0 aliphatic carbocycles. The molecule has 5 nitrogen and oxygen atoms in total. The zero-order chi connectivity index (χ0) is 18.4. The number of aryl methyl sites for hydroxylation is 1. The third-order valence-corrected chi connectivity index (χ3v) is 5.07. The van der Waals surface area contributed by atoms with Crippen molar-refractivity contribution in [3.05, 3.63) is 64.3 Å². The summed E-state index contributed by atoms with van der Waals surface area (Å²) in [6, 6.07) is 12.5. The van der Waals surface area contributed by atoms with Crippen LogP contribution in [0.5, 0.6) is 0 Å². The molecule has 0 bridgehead atoms.